The molecule has 2 aromatic carbocycles. The highest BCUT2D eigenvalue weighted by Gasteiger charge is 2.31. The first-order valence-corrected chi connectivity index (χ1v) is 10.7. The number of fused-ring (bicyclic) bond motifs is 1. The fraction of sp³-hybridized carbons (Fsp3) is 0.333. The molecule has 182 valence electrons. The summed E-state index contributed by atoms with van der Waals surface area (Å²) >= 11 is 0. The quantitative estimate of drug-likeness (QED) is 0.248. The minimum Gasteiger partial charge on any atom is -0.394 e. The van der Waals surface area contributed by atoms with Gasteiger partial charge >= 0.3 is 0 Å². The molecule has 3 aromatic rings. The number of rotatable bonds is 9. The van der Waals surface area contributed by atoms with Crippen LogP contribution in [-0.4, -0.2) is 80.6 Å². The second-order valence-electron chi connectivity index (χ2n) is 8.13. The molecule has 3 rings (SSSR count). The number of anilines is 2. The number of aryl methyl sites for hydroxylation is 1. The molecule has 0 radical (unpaired) electrons. The lowest BCUT2D eigenvalue weighted by Gasteiger charge is -2.30. The van der Waals surface area contributed by atoms with Crippen LogP contribution in [0.5, 0.6) is 0 Å². The van der Waals surface area contributed by atoms with Crippen molar-refractivity contribution in [1.29, 1.82) is 0 Å². The number of aliphatic hydroxyl groups excluding tert-OH is 5. The van der Waals surface area contributed by atoms with Gasteiger partial charge in [-0.1, -0.05) is 24.3 Å². The Balaban J connectivity index is 1.94. The van der Waals surface area contributed by atoms with E-state index in [9.17, 15) is 30.0 Å². The maximum atomic E-state index is 12.9. The van der Waals surface area contributed by atoms with Gasteiger partial charge in [-0.05, 0) is 30.3 Å². The first-order valence-electron chi connectivity index (χ1n) is 10.7. The van der Waals surface area contributed by atoms with Gasteiger partial charge < -0.3 is 40.3 Å². The molecule has 0 saturated heterocycles. The Kier molecular flexibility index (Phi) is 8.02. The van der Waals surface area contributed by atoms with Crippen LogP contribution in [0.3, 0.4) is 0 Å². The summed E-state index contributed by atoms with van der Waals surface area (Å²) in [7, 11) is 3.19. The van der Waals surface area contributed by atoms with Gasteiger partial charge in [0.2, 0.25) is 0 Å². The van der Waals surface area contributed by atoms with Crippen LogP contribution < -0.4 is 15.8 Å². The van der Waals surface area contributed by atoms with Gasteiger partial charge in [0.15, 0.2) is 0 Å². The SMILES string of the molecule is CN(CC(O)C(O)C(O)C(O)CO)c1cccc2c1cc(C(=O)Nc1ccccc1)c(=O)n2C. The smallest absolute Gasteiger partial charge is 0.263 e. The molecule has 4 atom stereocenters. The number of aromatic nitrogens is 1. The molecule has 0 spiro atoms. The zero-order chi connectivity index (χ0) is 25.0. The van der Waals surface area contributed by atoms with E-state index in [1.54, 1.807) is 61.5 Å². The summed E-state index contributed by atoms with van der Waals surface area (Å²) < 4.78 is 1.36. The fourth-order valence-corrected chi connectivity index (χ4v) is 3.74. The van der Waals surface area contributed by atoms with Crippen molar-refractivity contribution in [1.82, 2.24) is 4.57 Å². The number of para-hydroxylation sites is 1. The topological polar surface area (TPSA) is 155 Å². The number of likely N-dealkylation sites (N-methyl/N-ethyl adjacent to an activating group) is 1. The molecule has 6 N–H and O–H groups in total. The number of amides is 1. The summed E-state index contributed by atoms with van der Waals surface area (Å²) in [5, 5.41) is 52.1. The zero-order valence-corrected chi connectivity index (χ0v) is 18.9. The average Bonchev–Trinajstić information content (AvgIpc) is 2.84. The fourth-order valence-electron chi connectivity index (χ4n) is 3.74. The molecule has 4 unspecified atom stereocenters. The van der Waals surface area contributed by atoms with E-state index in [0.29, 0.717) is 22.3 Å². The van der Waals surface area contributed by atoms with Crippen molar-refractivity contribution in [3.05, 3.63) is 70.5 Å². The third-order valence-electron chi connectivity index (χ3n) is 5.72. The summed E-state index contributed by atoms with van der Waals surface area (Å²) in [6, 6.07) is 15.4. The molecule has 0 aliphatic carbocycles. The molecule has 1 aromatic heterocycles. The molecule has 1 amide bonds. The highest BCUT2D eigenvalue weighted by molar-refractivity contribution is 6.07. The number of carbonyl (C=O) groups is 1. The summed E-state index contributed by atoms with van der Waals surface area (Å²) in [6.45, 7) is -0.921. The van der Waals surface area contributed by atoms with Crippen molar-refractivity contribution in [3.63, 3.8) is 0 Å². The van der Waals surface area contributed by atoms with Crippen molar-refractivity contribution in [3.8, 4) is 0 Å². The Labute approximate surface area is 195 Å². The van der Waals surface area contributed by atoms with Crippen LogP contribution >= 0.6 is 0 Å². The molecular formula is C24H29N3O7. The van der Waals surface area contributed by atoms with E-state index in [1.807, 2.05) is 6.07 Å². The number of nitrogens with zero attached hydrogens (tertiary/aromatic N) is 2. The van der Waals surface area contributed by atoms with Gasteiger partial charge in [0.05, 0.1) is 18.2 Å². The van der Waals surface area contributed by atoms with Gasteiger partial charge in [-0.2, -0.15) is 0 Å². The second kappa shape index (κ2) is 10.8. The van der Waals surface area contributed by atoms with Crippen LogP contribution in [0.25, 0.3) is 10.9 Å². The number of carbonyl (C=O) groups excluding carboxylic acids is 1. The third-order valence-corrected chi connectivity index (χ3v) is 5.72. The summed E-state index contributed by atoms with van der Waals surface area (Å²) in [5.74, 6) is -0.567. The van der Waals surface area contributed by atoms with Crippen LogP contribution in [-0.2, 0) is 7.05 Å². The first-order chi connectivity index (χ1) is 16.1. The van der Waals surface area contributed by atoms with E-state index >= 15 is 0 Å². The van der Waals surface area contributed by atoms with Crippen LogP contribution in [0.4, 0.5) is 11.4 Å². The normalized spacial score (nSPS) is 14.9. The van der Waals surface area contributed by atoms with E-state index in [-0.39, 0.29) is 12.1 Å². The minimum atomic E-state index is -1.74. The predicted molar refractivity (Wildman–Crippen MR) is 128 cm³/mol. The van der Waals surface area contributed by atoms with Crippen molar-refractivity contribution in [2.24, 2.45) is 7.05 Å². The van der Waals surface area contributed by atoms with Crippen molar-refractivity contribution in [2.45, 2.75) is 24.4 Å². The van der Waals surface area contributed by atoms with E-state index in [1.165, 1.54) is 10.6 Å². The number of nitrogens with one attached hydrogen (secondary N) is 1. The van der Waals surface area contributed by atoms with Crippen LogP contribution in [0.1, 0.15) is 10.4 Å². The molecule has 0 aliphatic heterocycles. The molecule has 0 aliphatic rings. The van der Waals surface area contributed by atoms with Crippen LogP contribution in [0.15, 0.2) is 59.4 Å². The number of benzene rings is 2. The summed E-state index contributed by atoms with van der Waals surface area (Å²) in [5.41, 5.74) is 1.11. The Morgan fingerprint density at radius 1 is 1.00 bits per heavy atom. The standard InChI is InChI=1S/C24H29N3O7/c1-26(12-19(29)21(31)22(32)20(30)13-28)17-9-6-10-18-15(17)11-16(24(34)27(18)2)23(33)25-14-7-4-3-5-8-14/h3-11,19-22,28-32H,12-13H2,1-2H3,(H,25,33). The van der Waals surface area contributed by atoms with Gasteiger partial charge in [0.25, 0.3) is 11.5 Å². The van der Waals surface area contributed by atoms with E-state index < -0.39 is 42.5 Å². The second-order valence-corrected chi connectivity index (χ2v) is 8.13. The number of hydrogen-bond donors (Lipinski definition) is 6. The lowest BCUT2D eigenvalue weighted by atomic mass is 10.0. The first kappa shape index (κ1) is 25.3. The minimum absolute atomic E-state index is 0.0678. The predicted octanol–water partition coefficient (Wildman–Crippen LogP) is -0.337. The average molecular weight is 472 g/mol. The van der Waals surface area contributed by atoms with E-state index in [4.69, 9.17) is 5.11 Å². The Morgan fingerprint density at radius 2 is 1.65 bits per heavy atom. The highest BCUT2D eigenvalue weighted by Crippen LogP contribution is 2.26. The lowest BCUT2D eigenvalue weighted by Crippen LogP contribution is -2.49. The van der Waals surface area contributed by atoms with Crippen LogP contribution in [0, 0.1) is 0 Å². The molecule has 0 saturated carbocycles. The maximum Gasteiger partial charge on any atom is 0.263 e. The van der Waals surface area contributed by atoms with Gasteiger partial charge in [-0.25, -0.2) is 0 Å². The molecule has 1 heterocycles. The van der Waals surface area contributed by atoms with Crippen LogP contribution in [0.2, 0.25) is 0 Å². The van der Waals surface area contributed by atoms with E-state index in [2.05, 4.69) is 5.32 Å². The Hall–Kier alpha value is -3.28. The number of hydrogen-bond acceptors (Lipinski definition) is 8. The lowest BCUT2D eigenvalue weighted by molar-refractivity contribution is -0.112. The molecule has 10 nitrogen and oxygen atoms in total. The van der Waals surface area contributed by atoms with Gasteiger partial charge in [-0.3, -0.25) is 9.59 Å². The molecule has 10 heteroatoms. The number of aliphatic hydroxyl groups is 5. The molecule has 0 bridgehead atoms. The van der Waals surface area contributed by atoms with Crippen molar-refractivity contribution < 1.29 is 30.3 Å². The molecule has 34 heavy (non-hydrogen) atoms. The zero-order valence-electron chi connectivity index (χ0n) is 18.9. The van der Waals surface area contributed by atoms with E-state index in [0.717, 1.165) is 0 Å². The summed E-state index contributed by atoms with van der Waals surface area (Å²) in [6.07, 6.45) is -6.52. The Bertz CT molecular complexity index is 1200. The van der Waals surface area contributed by atoms with Gasteiger partial charge in [0, 0.05) is 37.4 Å². The van der Waals surface area contributed by atoms with Gasteiger partial charge in [-0.15, -0.1) is 0 Å². The summed E-state index contributed by atoms with van der Waals surface area (Å²) in [4.78, 5) is 27.3. The largest absolute Gasteiger partial charge is 0.394 e. The number of pyridine rings is 1. The van der Waals surface area contributed by atoms with Crippen molar-refractivity contribution >= 4 is 28.2 Å². The maximum absolute atomic E-state index is 12.9. The molecular weight excluding hydrogens is 442 g/mol. The molecule has 0 fully saturated rings. The Morgan fingerprint density at radius 3 is 2.29 bits per heavy atom. The van der Waals surface area contributed by atoms with Gasteiger partial charge in [0.1, 0.15) is 23.9 Å². The monoisotopic (exact) mass is 471 g/mol. The highest BCUT2D eigenvalue weighted by atomic mass is 16.4. The van der Waals surface area contributed by atoms with Crippen molar-refractivity contribution in [2.75, 3.05) is 30.4 Å². The third kappa shape index (κ3) is 5.27.